The third-order valence-corrected chi connectivity index (χ3v) is 5.34. The Kier molecular flexibility index (Phi) is 4.04. The fourth-order valence-corrected chi connectivity index (χ4v) is 3.76. The first kappa shape index (κ1) is 15.6. The lowest BCUT2D eigenvalue weighted by Crippen LogP contribution is -2.34. The van der Waals surface area contributed by atoms with Crippen LogP contribution in [-0.2, 0) is 16.6 Å². The number of ether oxygens (including phenoxy) is 1. The Morgan fingerprint density at radius 3 is 2.88 bits per heavy atom. The minimum absolute atomic E-state index is 0.00623. The van der Waals surface area contributed by atoms with Crippen molar-refractivity contribution in [2.75, 3.05) is 19.6 Å². The molecule has 1 saturated carbocycles. The van der Waals surface area contributed by atoms with Gasteiger partial charge < -0.3 is 15.0 Å². The number of carbonyl (C=O) groups is 2. The number of rotatable bonds is 5. The third-order valence-electron chi connectivity index (χ3n) is 5.34. The lowest BCUT2D eigenvalue weighted by atomic mass is 10.0. The molecule has 130 valence electrons. The number of hydrogen-bond donors (Lipinski definition) is 1. The number of nitrogens with one attached hydrogen (secondary N) is 1. The number of aromatic nitrogens is 2. The molecule has 1 N–H and O–H groups in total. The number of fused-ring (bicyclic) bond motifs is 1. The standard InChI is InChI=1S/C17H24N4O3/c1-20-14(4-5-19-20)17(23)21-9-12-6-13(24-15(12)10-21)7-16(22)18-8-11-2-3-11/h4-5,11-13,15H,2-3,6-10H2,1H3,(H,18,22)/t12-,13-,15+/m0/s1. The van der Waals surface area contributed by atoms with Gasteiger partial charge in [-0.05, 0) is 31.2 Å². The van der Waals surface area contributed by atoms with Crippen molar-refractivity contribution in [2.24, 2.45) is 18.9 Å². The average molecular weight is 332 g/mol. The Bertz CT molecular complexity index is 626. The molecule has 0 spiro atoms. The number of nitrogens with zero attached hydrogens (tertiary/aromatic N) is 3. The van der Waals surface area contributed by atoms with Crippen LogP contribution in [0.4, 0.5) is 0 Å². The molecular weight excluding hydrogens is 308 g/mol. The van der Waals surface area contributed by atoms with E-state index in [0.717, 1.165) is 13.0 Å². The monoisotopic (exact) mass is 332 g/mol. The second kappa shape index (κ2) is 6.20. The zero-order valence-electron chi connectivity index (χ0n) is 14.0. The summed E-state index contributed by atoms with van der Waals surface area (Å²) in [6, 6.07) is 1.74. The van der Waals surface area contributed by atoms with E-state index in [1.54, 1.807) is 24.0 Å². The van der Waals surface area contributed by atoms with E-state index < -0.39 is 0 Å². The Hall–Kier alpha value is -1.89. The van der Waals surface area contributed by atoms with Crippen molar-refractivity contribution in [1.29, 1.82) is 0 Å². The van der Waals surface area contributed by atoms with Crippen molar-refractivity contribution in [3.05, 3.63) is 18.0 Å². The van der Waals surface area contributed by atoms with Gasteiger partial charge in [-0.25, -0.2) is 0 Å². The van der Waals surface area contributed by atoms with Gasteiger partial charge in [0.05, 0.1) is 18.6 Å². The van der Waals surface area contributed by atoms with E-state index in [9.17, 15) is 9.59 Å². The molecule has 3 heterocycles. The highest BCUT2D eigenvalue weighted by Crippen LogP contribution is 2.35. The Balaban J connectivity index is 1.26. The minimum Gasteiger partial charge on any atom is -0.372 e. The van der Waals surface area contributed by atoms with E-state index in [1.165, 1.54) is 12.8 Å². The van der Waals surface area contributed by atoms with Crippen LogP contribution in [0.3, 0.4) is 0 Å². The molecule has 0 unspecified atom stereocenters. The highest BCUT2D eigenvalue weighted by Gasteiger charge is 2.44. The maximum absolute atomic E-state index is 12.5. The van der Waals surface area contributed by atoms with Gasteiger partial charge in [0.15, 0.2) is 0 Å². The molecule has 24 heavy (non-hydrogen) atoms. The van der Waals surface area contributed by atoms with Crippen molar-refractivity contribution in [2.45, 2.75) is 37.9 Å². The molecule has 4 rings (SSSR count). The van der Waals surface area contributed by atoms with Gasteiger partial charge in [0.1, 0.15) is 5.69 Å². The summed E-state index contributed by atoms with van der Waals surface area (Å²) < 4.78 is 7.63. The van der Waals surface area contributed by atoms with Crippen molar-refractivity contribution < 1.29 is 14.3 Å². The Morgan fingerprint density at radius 1 is 1.38 bits per heavy atom. The fourth-order valence-electron chi connectivity index (χ4n) is 3.76. The normalized spacial score (nSPS) is 28.9. The molecule has 3 aliphatic rings. The van der Waals surface area contributed by atoms with E-state index in [0.29, 0.717) is 37.0 Å². The molecular formula is C17H24N4O3. The molecule has 1 aromatic rings. The fraction of sp³-hybridized carbons (Fsp3) is 0.706. The second-order valence-corrected chi connectivity index (χ2v) is 7.29. The molecule has 1 aliphatic carbocycles. The molecule has 1 aromatic heterocycles. The largest absolute Gasteiger partial charge is 0.372 e. The highest BCUT2D eigenvalue weighted by molar-refractivity contribution is 5.92. The van der Waals surface area contributed by atoms with Gasteiger partial charge in [-0.3, -0.25) is 14.3 Å². The summed E-state index contributed by atoms with van der Waals surface area (Å²) in [5.74, 6) is 1.13. The number of aryl methyl sites for hydroxylation is 1. The maximum Gasteiger partial charge on any atom is 0.272 e. The van der Waals surface area contributed by atoms with Crippen LogP contribution in [0.2, 0.25) is 0 Å². The SMILES string of the molecule is Cn1nccc1C(=O)N1C[C@@H]2C[C@@H](CC(=O)NCC3CC3)O[C@@H]2C1. The van der Waals surface area contributed by atoms with Crippen LogP contribution in [-0.4, -0.2) is 58.3 Å². The average Bonchev–Trinajstić information content (AvgIpc) is 2.96. The second-order valence-electron chi connectivity index (χ2n) is 7.29. The molecule has 3 atom stereocenters. The molecule has 2 aliphatic heterocycles. The first-order valence-electron chi connectivity index (χ1n) is 8.79. The zero-order valence-corrected chi connectivity index (χ0v) is 14.0. The van der Waals surface area contributed by atoms with E-state index in [2.05, 4.69) is 10.4 Å². The van der Waals surface area contributed by atoms with Gasteiger partial charge in [0.2, 0.25) is 5.91 Å². The Morgan fingerprint density at radius 2 is 2.21 bits per heavy atom. The summed E-state index contributed by atoms with van der Waals surface area (Å²) in [5, 5.41) is 7.05. The number of likely N-dealkylation sites (tertiary alicyclic amines) is 1. The number of carbonyl (C=O) groups excluding carboxylic acids is 2. The van der Waals surface area contributed by atoms with Gasteiger partial charge >= 0.3 is 0 Å². The van der Waals surface area contributed by atoms with Gasteiger partial charge in [-0.15, -0.1) is 0 Å². The van der Waals surface area contributed by atoms with Gasteiger partial charge in [0, 0.05) is 38.8 Å². The first-order chi connectivity index (χ1) is 11.6. The zero-order chi connectivity index (χ0) is 16.7. The summed E-state index contributed by atoms with van der Waals surface area (Å²) in [5.41, 5.74) is 0.603. The van der Waals surface area contributed by atoms with E-state index in [-0.39, 0.29) is 24.0 Å². The van der Waals surface area contributed by atoms with Crippen LogP contribution in [0.1, 0.15) is 36.2 Å². The number of amides is 2. The summed E-state index contributed by atoms with van der Waals surface area (Å²) in [4.78, 5) is 26.3. The van der Waals surface area contributed by atoms with Crippen LogP contribution in [0.15, 0.2) is 12.3 Å². The number of hydrogen-bond acceptors (Lipinski definition) is 4. The minimum atomic E-state index is -0.00634. The van der Waals surface area contributed by atoms with Crippen LogP contribution in [0.25, 0.3) is 0 Å². The van der Waals surface area contributed by atoms with Crippen molar-refractivity contribution in [3.63, 3.8) is 0 Å². The summed E-state index contributed by atoms with van der Waals surface area (Å²) in [6.45, 7) is 2.12. The third kappa shape index (κ3) is 3.17. The van der Waals surface area contributed by atoms with E-state index in [1.807, 2.05) is 4.90 Å². The smallest absolute Gasteiger partial charge is 0.272 e. The molecule has 3 fully saturated rings. The molecule has 2 amide bonds. The molecule has 0 bridgehead atoms. The lowest BCUT2D eigenvalue weighted by Gasteiger charge is -2.19. The van der Waals surface area contributed by atoms with Crippen LogP contribution in [0, 0.1) is 11.8 Å². The summed E-state index contributed by atoms with van der Waals surface area (Å²) in [6.07, 6.45) is 5.47. The topological polar surface area (TPSA) is 76.5 Å². The quantitative estimate of drug-likeness (QED) is 0.855. The predicted octanol–water partition coefficient (Wildman–Crippen LogP) is 0.566. The lowest BCUT2D eigenvalue weighted by molar-refractivity contribution is -0.123. The molecule has 0 radical (unpaired) electrons. The van der Waals surface area contributed by atoms with Gasteiger partial charge in [-0.2, -0.15) is 5.10 Å². The predicted molar refractivity (Wildman–Crippen MR) is 86.2 cm³/mol. The van der Waals surface area contributed by atoms with Gasteiger partial charge in [0.25, 0.3) is 5.91 Å². The maximum atomic E-state index is 12.5. The van der Waals surface area contributed by atoms with Crippen LogP contribution >= 0.6 is 0 Å². The molecule has 0 aromatic carbocycles. The summed E-state index contributed by atoms with van der Waals surface area (Å²) >= 11 is 0. The van der Waals surface area contributed by atoms with E-state index >= 15 is 0 Å². The Labute approximate surface area is 141 Å². The highest BCUT2D eigenvalue weighted by atomic mass is 16.5. The first-order valence-corrected chi connectivity index (χ1v) is 8.79. The molecule has 7 nitrogen and oxygen atoms in total. The van der Waals surface area contributed by atoms with Crippen molar-refractivity contribution in [3.8, 4) is 0 Å². The van der Waals surface area contributed by atoms with Crippen molar-refractivity contribution in [1.82, 2.24) is 20.0 Å². The van der Waals surface area contributed by atoms with Crippen LogP contribution < -0.4 is 5.32 Å². The van der Waals surface area contributed by atoms with E-state index in [4.69, 9.17) is 4.74 Å². The summed E-state index contributed by atoms with van der Waals surface area (Å²) in [7, 11) is 1.77. The van der Waals surface area contributed by atoms with Crippen molar-refractivity contribution >= 4 is 11.8 Å². The van der Waals surface area contributed by atoms with Crippen LogP contribution in [0.5, 0.6) is 0 Å². The molecule has 2 saturated heterocycles. The molecule has 7 heteroatoms. The van der Waals surface area contributed by atoms with Gasteiger partial charge in [-0.1, -0.05) is 0 Å².